The summed E-state index contributed by atoms with van der Waals surface area (Å²) in [6, 6.07) is 0. The quantitative estimate of drug-likeness (QED) is 0.683. The molecule has 15 heavy (non-hydrogen) atoms. The summed E-state index contributed by atoms with van der Waals surface area (Å²) < 4.78 is 18.3. The first kappa shape index (κ1) is 12.4. The van der Waals surface area contributed by atoms with E-state index in [1.165, 1.54) is 0 Å². The van der Waals surface area contributed by atoms with Crippen LogP contribution in [-0.4, -0.2) is 29.0 Å². The van der Waals surface area contributed by atoms with E-state index in [9.17, 15) is 14.3 Å². The SMILES string of the molecule is CC(C)(C)OC(=O)C1CC[C@@H](O)[C@@H](F)C1. The van der Waals surface area contributed by atoms with E-state index >= 15 is 0 Å². The molecule has 1 unspecified atom stereocenters. The van der Waals surface area contributed by atoms with Crippen molar-refractivity contribution in [2.24, 2.45) is 5.92 Å². The van der Waals surface area contributed by atoms with Crippen LogP contribution in [0.15, 0.2) is 0 Å². The fraction of sp³-hybridized carbons (Fsp3) is 0.909. The van der Waals surface area contributed by atoms with Crippen LogP contribution in [0.25, 0.3) is 0 Å². The number of ether oxygens (including phenoxy) is 1. The van der Waals surface area contributed by atoms with Crippen LogP contribution in [0.2, 0.25) is 0 Å². The molecule has 0 aromatic rings. The fourth-order valence-corrected chi connectivity index (χ4v) is 1.70. The molecular formula is C11H19FO3. The smallest absolute Gasteiger partial charge is 0.309 e. The molecule has 0 amide bonds. The molecular weight excluding hydrogens is 199 g/mol. The van der Waals surface area contributed by atoms with Crippen LogP contribution in [0.3, 0.4) is 0 Å². The lowest BCUT2D eigenvalue weighted by Crippen LogP contribution is -2.37. The van der Waals surface area contributed by atoms with Gasteiger partial charge in [-0.3, -0.25) is 4.79 Å². The van der Waals surface area contributed by atoms with Gasteiger partial charge in [-0.15, -0.1) is 0 Å². The summed E-state index contributed by atoms with van der Waals surface area (Å²) in [6.45, 7) is 5.36. The summed E-state index contributed by atoms with van der Waals surface area (Å²) in [5.74, 6) is -0.750. The Hall–Kier alpha value is -0.640. The Kier molecular flexibility index (Phi) is 3.71. The van der Waals surface area contributed by atoms with Crippen LogP contribution in [-0.2, 0) is 9.53 Å². The van der Waals surface area contributed by atoms with E-state index < -0.39 is 23.8 Å². The number of alkyl halides is 1. The standard InChI is InChI=1S/C11H19FO3/c1-11(2,3)15-10(14)7-4-5-9(13)8(12)6-7/h7-9,13H,4-6H2,1-3H3/t7?,8-,9+/m0/s1. The molecule has 88 valence electrons. The van der Waals surface area contributed by atoms with Gasteiger partial charge in [0.2, 0.25) is 0 Å². The number of carbonyl (C=O) groups is 1. The molecule has 0 bridgehead atoms. The number of aliphatic hydroxyl groups excluding tert-OH is 1. The minimum atomic E-state index is -1.30. The summed E-state index contributed by atoms with van der Waals surface area (Å²) in [4.78, 5) is 11.6. The first-order valence-corrected chi connectivity index (χ1v) is 5.34. The lowest BCUT2D eigenvalue weighted by Gasteiger charge is -2.29. The van der Waals surface area contributed by atoms with Crippen LogP contribution < -0.4 is 0 Å². The fourth-order valence-electron chi connectivity index (χ4n) is 1.70. The Balaban J connectivity index is 2.48. The summed E-state index contributed by atoms with van der Waals surface area (Å²) in [7, 11) is 0. The van der Waals surface area contributed by atoms with E-state index in [0.717, 1.165) is 0 Å². The second-order valence-corrected chi connectivity index (χ2v) is 5.13. The predicted molar refractivity (Wildman–Crippen MR) is 54.1 cm³/mol. The van der Waals surface area contributed by atoms with Gasteiger partial charge in [0, 0.05) is 0 Å². The zero-order valence-corrected chi connectivity index (χ0v) is 9.50. The topological polar surface area (TPSA) is 46.5 Å². The maximum absolute atomic E-state index is 13.2. The van der Waals surface area contributed by atoms with E-state index in [2.05, 4.69) is 0 Å². The average Bonchev–Trinajstić information content (AvgIpc) is 2.06. The molecule has 0 saturated heterocycles. The zero-order valence-electron chi connectivity index (χ0n) is 9.50. The second kappa shape index (κ2) is 4.47. The highest BCUT2D eigenvalue weighted by molar-refractivity contribution is 5.73. The van der Waals surface area contributed by atoms with Crippen molar-refractivity contribution >= 4 is 5.97 Å². The van der Waals surface area contributed by atoms with Gasteiger partial charge < -0.3 is 9.84 Å². The van der Waals surface area contributed by atoms with Crippen LogP contribution in [0.5, 0.6) is 0 Å². The predicted octanol–water partition coefficient (Wildman–Crippen LogP) is 1.83. The molecule has 1 aliphatic rings. The first-order chi connectivity index (χ1) is 6.79. The third-order valence-electron chi connectivity index (χ3n) is 2.48. The Labute approximate surface area is 89.6 Å². The third-order valence-corrected chi connectivity index (χ3v) is 2.48. The van der Waals surface area contributed by atoms with Gasteiger partial charge in [0.25, 0.3) is 0 Å². The third kappa shape index (κ3) is 3.78. The van der Waals surface area contributed by atoms with Gasteiger partial charge in [0.15, 0.2) is 0 Å². The molecule has 0 radical (unpaired) electrons. The van der Waals surface area contributed by atoms with Crippen molar-refractivity contribution in [1.29, 1.82) is 0 Å². The molecule has 0 aromatic carbocycles. The molecule has 0 aromatic heterocycles. The van der Waals surface area contributed by atoms with Crippen molar-refractivity contribution in [2.75, 3.05) is 0 Å². The van der Waals surface area contributed by atoms with Crippen molar-refractivity contribution in [3.63, 3.8) is 0 Å². The van der Waals surface area contributed by atoms with Crippen LogP contribution in [0.4, 0.5) is 4.39 Å². The van der Waals surface area contributed by atoms with Crippen molar-refractivity contribution in [2.45, 2.75) is 57.9 Å². The Morgan fingerprint density at radius 2 is 2.00 bits per heavy atom. The number of esters is 1. The van der Waals surface area contributed by atoms with Crippen molar-refractivity contribution in [3.05, 3.63) is 0 Å². The molecule has 1 fully saturated rings. The largest absolute Gasteiger partial charge is 0.460 e. The summed E-state index contributed by atoms with van der Waals surface area (Å²) in [6.07, 6.45) is -1.28. The number of aliphatic hydroxyl groups is 1. The van der Waals surface area contributed by atoms with Gasteiger partial charge in [-0.2, -0.15) is 0 Å². The minimum absolute atomic E-state index is 0.0794. The Morgan fingerprint density at radius 3 is 2.47 bits per heavy atom. The number of rotatable bonds is 1. The number of carbonyl (C=O) groups excluding carboxylic acids is 1. The zero-order chi connectivity index (χ0) is 11.6. The van der Waals surface area contributed by atoms with Gasteiger partial charge in [0.1, 0.15) is 11.8 Å². The maximum atomic E-state index is 13.2. The highest BCUT2D eigenvalue weighted by Crippen LogP contribution is 2.28. The number of hydrogen-bond donors (Lipinski definition) is 1. The average molecular weight is 218 g/mol. The van der Waals surface area contributed by atoms with Gasteiger partial charge in [-0.25, -0.2) is 4.39 Å². The van der Waals surface area contributed by atoms with Gasteiger partial charge in [0.05, 0.1) is 12.0 Å². The molecule has 1 rings (SSSR count). The lowest BCUT2D eigenvalue weighted by atomic mass is 9.86. The van der Waals surface area contributed by atoms with Gasteiger partial charge >= 0.3 is 5.97 Å². The highest BCUT2D eigenvalue weighted by atomic mass is 19.1. The Bertz CT molecular complexity index is 234. The van der Waals surface area contributed by atoms with E-state index in [-0.39, 0.29) is 12.4 Å². The second-order valence-electron chi connectivity index (χ2n) is 5.13. The molecule has 0 aliphatic heterocycles. The summed E-state index contributed by atoms with van der Waals surface area (Å²) in [5, 5.41) is 9.18. The normalized spacial score (nSPS) is 32.5. The van der Waals surface area contributed by atoms with Crippen molar-refractivity contribution in [3.8, 4) is 0 Å². The Morgan fingerprint density at radius 1 is 1.40 bits per heavy atom. The monoisotopic (exact) mass is 218 g/mol. The maximum Gasteiger partial charge on any atom is 0.309 e. The molecule has 1 N–H and O–H groups in total. The molecule has 1 aliphatic carbocycles. The summed E-state index contributed by atoms with van der Waals surface area (Å²) >= 11 is 0. The minimum Gasteiger partial charge on any atom is -0.460 e. The molecule has 1 saturated carbocycles. The number of halogens is 1. The van der Waals surface area contributed by atoms with Crippen molar-refractivity contribution < 1.29 is 19.0 Å². The van der Waals surface area contributed by atoms with Crippen LogP contribution in [0, 0.1) is 5.92 Å². The molecule has 3 atom stereocenters. The van der Waals surface area contributed by atoms with E-state index in [1.54, 1.807) is 20.8 Å². The van der Waals surface area contributed by atoms with Crippen molar-refractivity contribution in [1.82, 2.24) is 0 Å². The summed E-state index contributed by atoms with van der Waals surface area (Å²) in [5.41, 5.74) is -0.529. The van der Waals surface area contributed by atoms with Crippen LogP contribution >= 0.6 is 0 Å². The molecule has 4 heteroatoms. The number of hydrogen-bond acceptors (Lipinski definition) is 3. The van der Waals surface area contributed by atoms with E-state index in [1.807, 2.05) is 0 Å². The first-order valence-electron chi connectivity index (χ1n) is 5.34. The molecule has 0 heterocycles. The molecule has 0 spiro atoms. The van der Waals surface area contributed by atoms with E-state index in [4.69, 9.17) is 4.74 Å². The van der Waals surface area contributed by atoms with Crippen LogP contribution in [0.1, 0.15) is 40.0 Å². The van der Waals surface area contributed by atoms with Gasteiger partial charge in [-0.05, 0) is 40.0 Å². The van der Waals surface area contributed by atoms with E-state index in [0.29, 0.717) is 12.8 Å². The van der Waals surface area contributed by atoms with Gasteiger partial charge in [-0.1, -0.05) is 0 Å². The molecule has 3 nitrogen and oxygen atoms in total. The lowest BCUT2D eigenvalue weighted by molar-refractivity contribution is -0.163. The highest BCUT2D eigenvalue weighted by Gasteiger charge is 2.35.